The van der Waals surface area contributed by atoms with Gasteiger partial charge in [0, 0.05) is 24.1 Å². The van der Waals surface area contributed by atoms with E-state index in [-0.39, 0.29) is 5.91 Å². The van der Waals surface area contributed by atoms with E-state index >= 15 is 0 Å². The van der Waals surface area contributed by atoms with Crippen LogP contribution in [0.1, 0.15) is 48.9 Å². The van der Waals surface area contributed by atoms with E-state index in [2.05, 4.69) is 15.6 Å². The fraction of sp³-hybridized carbons (Fsp3) is 0.400. The van der Waals surface area contributed by atoms with E-state index in [0.717, 1.165) is 17.1 Å². The van der Waals surface area contributed by atoms with E-state index in [9.17, 15) is 4.79 Å². The molecule has 1 amide bonds. The number of carbonyl (C=O) groups is 1. The predicted molar refractivity (Wildman–Crippen MR) is 100 cm³/mol. The second kappa shape index (κ2) is 8.51. The average molecular weight is 339 g/mol. The molecule has 1 aromatic carbocycles. The standard InChI is InChI=1S/C20H25N3O2/c1-25-19-10-8-17(9-11-19)23-20(24)15-12-18(14-21-13-15)22-16-6-4-2-3-5-7-16/h8-14,16,22H,2-7H2,1H3,(H,23,24). The maximum Gasteiger partial charge on any atom is 0.257 e. The van der Waals surface area contributed by atoms with E-state index in [0.29, 0.717) is 11.6 Å². The van der Waals surface area contributed by atoms with E-state index in [1.54, 1.807) is 19.5 Å². The van der Waals surface area contributed by atoms with Crippen molar-refractivity contribution in [1.29, 1.82) is 0 Å². The first-order valence-corrected chi connectivity index (χ1v) is 8.91. The molecule has 0 unspecified atom stereocenters. The number of nitrogens with zero attached hydrogens (tertiary/aromatic N) is 1. The first-order chi connectivity index (χ1) is 12.2. The third-order valence-electron chi connectivity index (χ3n) is 4.57. The van der Waals surface area contributed by atoms with Crippen molar-refractivity contribution in [2.75, 3.05) is 17.7 Å². The van der Waals surface area contributed by atoms with Crippen LogP contribution >= 0.6 is 0 Å². The van der Waals surface area contributed by atoms with Gasteiger partial charge in [-0.15, -0.1) is 0 Å². The second-order valence-electron chi connectivity index (χ2n) is 6.48. The molecule has 0 spiro atoms. The molecule has 5 nitrogen and oxygen atoms in total. The number of pyridine rings is 1. The number of anilines is 2. The Morgan fingerprint density at radius 1 is 1.04 bits per heavy atom. The van der Waals surface area contributed by atoms with Gasteiger partial charge in [0.15, 0.2) is 0 Å². The van der Waals surface area contributed by atoms with Gasteiger partial charge in [0.1, 0.15) is 5.75 Å². The Labute approximate surface area is 148 Å². The van der Waals surface area contributed by atoms with Gasteiger partial charge in [-0.1, -0.05) is 25.7 Å². The van der Waals surface area contributed by atoms with Crippen LogP contribution in [0.2, 0.25) is 0 Å². The van der Waals surface area contributed by atoms with Crippen molar-refractivity contribution >= 4 is 17.3 Å². The van der Waals surface area contributed by atoms with Crippen molar-refractivity contribution < 1.29 is 9.53 Å². The SMILES string of the molecule is COc1ccc(NC(=O)c2cncc(NC3CCCCCC3)c2)cc1. The van der Waals surface area contributed by atoms with E-state index in [1.165, 1.54) is 38.5 Å². The average Bonchev–Trinajstić information content (AvgIpc) is 2.91. The molecular formula is C20H25N3O2. The Morgan fingerprint density at radius 3 is 2.44 bits per heavy atom. The summed E-state index contributed by atoms with van der Waals surface area (Å²) in [5.74, 6) is 0.594. The smallest absolute Gasteiger partial charge is 0.257 e. The number of carbonyl (C=O) groups excluding carboxylic acids is 1. The molecule has 1 aliphatic rings. The van der Waals surface area contributed by atoms with Gasteiger partial charge < -0.3 is 15.4 Å². The van der Waals surface area contributed by atoms with E-state index in [1.807, 2.05) is 30.3 Å². The van der Waals surface area contributed by atoms with Gasteiger partial charge >= 0.3 is 0 Å². The van der Waals surface area contributed by atoms with Crippen LogP contribution in [0.5, 0.6) is 5.75 Å². The summed E-state index contributed by atoms with van der Waals surface area (Å²) in [5.41, 5.74) is 2.19. The molecule has 132 valence electrons. The highest BCUT2D eigenvalue weighted by atomic mass is 16.5. The Bertz CT molecular complexity index is 692. The highest BCUT2D eigenvalue weighted by Gasteiger charge is 2.13. The van der Waals surface area contributed by atoms with E-state index < -0.39 is 0 Å². The van der Waals surface area contributed by atoms with Crippen molar-refractivity contribution in [2.24, 2.45) is 0 Å². The summed E-state index contributed by atoms with van der Waals surface area (Å²) in [5, 5.41) is 6.42. The van der Waals surface area contributed by atoms with E-state index in [4.69, 9.17) is 4.74 Å². The molecule has 0 radical (unpaired) electrons. The fourth-order valence-electron chi connectivity index (χ4n) is 3.18. The lowest BCUT2D eigenvalue weighted by atomic mass is 10.1. The zero-order valence-electron chi connectivity index (χ0n) is 14.6. The summed E-state index contributed by atoms with van der Waals surface area (Å²) < 4.78 is 5.12. The number of hydrogen-bond acceptors (Lipinski definition) is 4. The van der Waals surface area contributed by atoms with Crippen LogP contribution in [0, 0.1) is 0 Å². The molecule has 3 rings (SSSR count). The number of rotatable bonds is 5. The maximum atomic E-state index is 12.5. The molecule has 0 atom stereocenters. The Morgan fingerprint density at radius 2 is 1.76 bits per heavy atom. The summed E-state index contributed by atoms with van der Waals surface area (Å²) in [6, 6.07) is 9.62. The summed E-state index contributed by atoms with van der Waals surface area (Å²) in [6.07, 6.45) is 10.9. The third kappa shape index (κ3) is 4.95. The van der Waals surface area contributed by atoms with Gasteiger partial charge in [-0.05, 0) is 43.2 Å². The van der Waals surface area contributed by atoms with Gasteiger partial charge in [0.05, 0.1) is 18.4 Å². The second-order valence-corrected chi connectivity index (χ2v) is 6.48. The molecule has 1 aliphatic carbocycles. The summed E-state index contributed by atoms with van der Waals surface area (Å²) in [4.78, 5) is 16.7. The van der Waals surface area contributed by atoms with Crippen molar-refractivity contribution in [1.82, 2.24) is 4.98 Å². The lowest BCUT2D eigenvalue weighted by molar-refractivity contribution is 0.102. The summed E-state index contributed by atoms with van der Waals surface area (Å²) in [6.45, 7) is 0. The molecule has 25 heavy (non-hydrogen) atoms. The maximum absolute atomic E-state index is 12.5. The topological polar surface area (TPSA) is 63.2 Å². The van der Waals surface area contributed by atoms with Crippen molar-refractivity contribution in [2.45, 2.75) is 44.6 Å². The van der Waals surface area contributed by atoms with Gasteiger partial charge in [0.25, 0.3) is 5.91 Å². The van der Waals surface area contributed by atoms with Crippen molar-refractivity contribution in [3.63, 3.8) is 0 Å². The van der Waals surface area contributed by atoms with Gasteiger partial charge in [-0.3, -0.25) is 9.78 Å². The minimum Gasteiger partial charge on any atom is -0.497 e. The number of aromatic nitrogens is 1. The number of ether oxygens (including phenoxy) is 1. The molecule has 0 saturated heterocycles. The normalized spacial score (nSPS) is 15.2. The van der Waals surface area contributed by atoms with Crippen LogP contribution in [-0.2, 0) is 0 Å². The molecule has 2 N–H and O–H groups in total. The molecule has 1 fully saturated rings. The zero-order valence-corrected chi connectivity index (χ0v) is 14.6. The number of methoxy groups -OCH3 is 1. The molecule has 0 bridgehead atoms. The van der Waals surface area contributed by atoms with Crippen molar-refractivity contribution in [3.05, 3.63) is 48.3 Å². The number of nitrogens with one attached hydrogen (secondary N) is 2. The summed E-state index contributed by atoms with van der Waals surface area (Å²) >= 11 is 0. The quantitative estimate of drug-likeness (QED) is 0.789. The van der Waals surface area contributed by atoms with Crippen LogP contribution in [0.4, 0.5) is 11.4 Å². The molecule has 5 heteroatoms. The lowest BCUT2D eigenvalue weighted by Crippen LogP contribution is -2.19. The molecule has 1 saturated carbocycles. The zero-order chi connectivity index (χ0) is 17.5. The Balaban J connectivity index is 1.64. The first kappa shape index (κ1) is 17.3. The number of benzene rings is 1. The van der Waals surface area contributed by atoms with Gasteiger partial charge in [-0.25, -0.2) is 0 Å². The first-order valence-electron chi connectivity index (χ1n) is 8.91. The van der Waals surface area contributed by atoms with Crippen LogP contribution in [0.25, 0.3) is 0 Å². The molecule has 1 aromatic heterocycles. The fourth-order valence-corrected chi connectivity index (χ4v) is 3.18. The van der Waals surface area contributed by atoms with Crippen LogP contribution in [0.15, 0.2) is 42.7 Å². The van der Waals surface area contributed by atoms with Crippen LogP contribution < -0.4 is 15.4 Å². The molecule has 0 aliphatic heterocycles. The van der Waals surface area contributed by atoms with Crippen LogP contribution in [0.3, 0.4) is 0 Å². The van der Waals surface area contributed by atoms with Gasteiger partial charge in [0.2, 0.25) is 0 Å². The van der Waals surface area contributed by atoms with Crippen LogP contribution in [-0.4, -0.2) is 24.0 Å². The minimum absolute atomic E-state index is 0.165. The number of hydrogen-bond donors (Lipinski definition) is 2. The highest BCUT2D eigenvalue weighted by Crippen LogP contribution is 2.22. The highest BCUT2D eigenvalue weighted by molar-refractivity contribution is 6.04. The lowest BCUT2D eigenvalue weighted by Gasteiger charge is -2.17. The predicted octanol–water partition coefficient (Wildman–Crippen LogP) is 4.48. The largest absolute Gasteiger partial charge is 0.497 e. The Kier molecular flexibility index (Phi) is 5.88. The Hall–Kier alpha value is -2.56. The monoisotopic (exact) mass is 339 g/mol. The minimum atomic E-state index is -0.165. The number of amides is 1. The molecular weight excluding hydrogens is 314 g/mol. The van der Waals surface area contributed by atoms with Crippen molar-refractivity contribution in [3.8, 4) is 5.75 Å². The molecule has 2 aromatic rings. The molecule has 1 heterocycles. The summed E-state index contributed by atoms with van der Waals surface area (Å²) in [7, 11) is 1.62. The third-order valence-corrected chi connectivity index (χ3v) is 4.57. The van der Waals surface area contributed by atoms with Gasteiger partial charge in [-0.2, -0.15) is 0 Å².